The van der Waals surface area contributed by atoms with Crippen molar-refractivity contribution in [2.75, 3.05) is 7.11 Å². The minimum absolute atomic E-state index is 0.177. The summed E-state index contributed by atoms with van der Waals surface area (Å²) in [6, 6.07) is 7.64. The van der Waals surface area contributed by atoms with Crippen LogP contribution in [0.2, 0.25) is 0 Å². The first-order valence-electron chi connectivity index (χ1n) is 9.43. The molecule has 1 aromatic carbocycles. The molecule has 0 aliphatic rings. The van der Waals surface area contributed by atoms with Crippen LogP contribution in [-0.4, -0.2) is 42.8 Å². The summed E-state index contributed by atoms with van der Waals surface area (Å²) in [5.41, 5.74) is 0.182. The third-order valence-electron chi connectivity index (χ3n) is 3.80. The first-order valence-corrected chi connectivity index (χ1v) is 9.43. The average molecular weight is 392 g/mol. The van der Waals surface area contributed by atoms with E-state index in [1.54, 1.807) is 20.8 Å². The molecule has 2 amide bonds. The van der Waals surface area contributed by atoms with E-state index < -0.39 is 35.7 Å². The van der Waals surface area contributed by atoms with Crippen molar-refractivity contribution in [3.63, 3.8) is 0 Å². The second kappa shape index (κ2) is 10.7. The smallest absolute Gasteiger partial charge is 0.408 e. The maximum atomic E-state index is 12.9. The number of nitrogens with one attached hydrogen (secondary N) is 2. The molecule has 156 valence electrons. The van der Waals surface area contributed by atoms with Gasteiger partial charge in [-0.15, -0.1) is 0 Å². The molecule has 7 heteroatoms. The molecule has 0 saturated carbocycles. The molecule has 1 aromatic rings. The standard InChI is InChI=1S/C21H32N2O5/c1-14(2)12-17(19(25)27-6)22-18(24)16(13-15-10-8-7-9-11-15)23-20(26)28-21(3,4)5/h7-11,14,16-17H,12-13H2,1-6H3,(H,22,24)(H,23,26)/t16-,17+/m1/s1. The van der Waals surface area contributed by atoms with E-state index in [-0.39, 0.29) is 12.3 Å². The Morgan fingerprint density at radius 1 is 1.00 bits per heavy atom. The molecule has 0 unspecified atom stereocenters. The predicted octanol–water partition coefficient (Wildman–Crippen LogP) is 2.83. The van der Waals surface area contributed by atoms with Crippen molar-refractivity contribution in [3.8, 4) is 0 Å². The molecular formula is C21H32N2O5. The van der Waals surface area contributed by atoms with Crippen LogP contribution in [0.3, 0.4) is 0 Å². The number of methoxy groups -OCH3 is 1. The van der Waals surface area contributed by atoms with Crippen molar-refractivity contribution in [2.45, 2.75) is 65.1 Å². The molecule has 2 N–H and O–H groups in total. The number of hydrogen-bond acceptors (Lipinski definition) is 5. The summed E-state index contributed by atoms with van der Waals surface area (Å²) in [4.78, 5) is 37.1. The van der Waals surface area contributed by atoms with Crippen molar-refractivity contribution >= 4 is 18.0 Å². The summed E-state index contributed by atoms with van der Waals surface area (Å²) in [5.74, 6) is -0.806. The highest BCUT2D eigenvalue weighted by Crippen LogP contribution is 2.10. The SMILES string of the molecule is COC(=O)[C@H](CC(C)C)NC(=O)[C@@H](Cc1ccccc1)NC(=O)OC(C)(C)C. The summed E-state index contributed by atoms with van der Waals surface area (Å²) in [5, 5.41) is 5.32. The number of esters is 1. The molecule has 2 atom stereocenters. The van der Waals surface area contributed by atoms with Gasteiger partial charge in [0.15, 0.2) is 0 Å². The van der Waals surface area contributed by atoms with Gasteiger partial charge in [-0.25, -0.2) is 9.59 Å². The number of carbonyl (C=O) groups excluding carboxylic acids is 3. The lowest BCUT2D eigenvalue weighted by Crippen LogP contribution is -2.53. The normalized spacial score (nSPS) is 13.4. The molecule has 0 spiro atoms. The van der Waals surface area contributed by atoms with E-state index in [0.29, 0.717) is 6.42 Å². The van der Waals surface area contributed by atoms with Crippen LogP contribution in [-0.2, 0) is 25.5 Å². The molecule has 0 bridgehead atoms. The van der Waals surface area contributed by atoms with Gasteiger partial charge in [0.25, 0.3) is 0 Å². The Morgan fingerprint density at radius 3 is 2.11 bits per heavy atom. The van der Waals surface area contributed by atoms with Gasteiger partial charge >= 0.3 is 12.1 Å². The first kappa shape index (κ1) is 23.5. The summed E-state index contributed by atoms with van der Waals surface area (Å²) < 4.78 is 10.1. The number of alkyl carbamates (subject to hydrolysis) is 1. The molecule has 1 rings (SSSR count). The minimum Gasteiger partial charge on any atom is -0.467 e. The Labute approximate surface area is 167 Å². The summed E-state index contributed by atoms with van der Waals surface area (Å²) in [7, 11) is 1.28. The van der Waals surface area contributed by atoms with E-state index >= 15 is 0 Å². The molecule has 0 aliphatic heterocycles. The van der Waals surface area contributed by atoms with Crippen LogP contribution in [0.15, 0.2) is 30.3 Å². The van der Waals surface area contributed by atoms with E-state index in [1.165, 1.54) is 7.11 Å². The molecule has 0 aromatic heterocycles. The van der Waals surface area contributed by atoms with Gasteiger partial charge < -0.3 is 20.1 Å². The Bertz CT molecular complexity index is 653. The third kappa shape index (κ3) is 8.88. The van der Waals surface area contributed by atoms with Crippen LogP contribution in [0, 0.1) is 5.92 Å². The summed E-state index contributed by atoms with van der Waals surface area (Å²) in [6.45, 7) is 9.13. The Hall–Kier alpha value is -2.57. The van der Waals surface area contributed by atoms with Gasteiger partial charge in [-0.05, 0) is 38.7 Å². The number of hydrogen-bond donors (Lipinski definition) is 2. The fourth-order valence-electron chi connectivity index (χ4n) is 2.61. The maximum absolute atomic E-state index is 12.9. The predicted molar refractivity (Wildman–Crippen MR) is 107 cm³/mol. The molecule has 0 saturated heterocycles. The van der Waals surface area contributed by atoms with Gasteiger partial charge in [-0.1, -0.05) is 44.2 Å². The van der Waals surface area contributed by atoms with Crippen LogP contribution in [0.25, 0.3) is 0 Å². The average Bonchev–Trinajstić information content (AvgIpc) is 2.58. The maximum Gasteiger partial charge on any atom is 0.408 e. The largest absolute Gasteiger partial charge is 0.467 e. The molecular weight excluding hydrogens is 360 g/mol. The third-order valence-corrected chi connectivity index (χ3v) is 3.80. The van der Waals surface area contributed by atoms with Gasteiger partial charge in [0.2, 0.25) is 5.91 Å². The van der Waals surface area contributed by atoms with E-state index in [2.05, 4.69) is 10.6 Å². The Morgan fingerprint density at radius 2 is 1.61 bits per heavy atom. The molecule has 28 heavy (non-hydrogen) atoms. The van der Waals surface area contributed by atoms with Crippen LogP contribution in [0.4, 0.5) is 4.79 Å². The van der Waals surface area contributed by atoms with Gasteiger partial charge in [0.1, 0.15) is 17.7 Å². The second-order valence-corrected chi connectivity index (χ2v) is 8.10. The van der Waals surface area contributed by atoms with E-state index in [0.717, 1.165) is 5.56 Å². The molecule has 0 aliphatic carbocycles. The Balaban J connectivity index is 2.95. The zero-order chi connectivity index (χ0) is 21.3. The lowest BCUT2D eigenvalue weighted by atomic mass is 10.0. The monoisotopic (exact) mass is 392 g/mol. The van der Waals surface area contributed by atoms with Crippen molar-refractivity contribution in [1.82, 2.24) is 10.6 Å². The number of amides is 2. The zero-order valence-corrected chi connectivity index (χ0v) is 17.6. The van der Waals surface area contributed by atoms with E-state index in [9.17, 15) is 14.4 Å². The van der Waals surface area contributed by atoms with Crippen LogP contribution in [0.1, 0.15) is 46.6 Å². The quantitative estimate of drug-likeness (QED) is 0.664. The number of rotatable bonds is 8. The van der Waals surface area contributed by atoms with Gasteiger partial charge in [-0.3, -0.25) is 4.79 Å². The fraction of sp³-hybridized carbons (Fsp3) is 0.571. The number of carbonyl (C=O) groups is 3. The topological polar surface area (TPSA) is 93.7 Å². The molecule has 0 heterocycles. The summed E-state index contributed by atoms with van der Waals surface area (Å²) in [6.07, 6.45) is 0.00627. The lowest BCUT2D eigenvalue weighted by Gasteiger charge is -2.25. The Kier molecular flexibility index (Phi) is 8.96. The number of benzene rings is 1. The van der Waals surface area contributed by atoms with Crippen LogP contribution >= 0.6 is 0 Å². The summed E-state index contributed by atoms with van der Waals surface area (Å²) >= 11 is 0. The van der Waals surface area contributed by atoms with Crippen LogP contribution in [0.5, 0.6) is 0 Å². The van der Waals surface area contributed by atoms with E-state index in [4.69, 9.17) is 9.47 Å². The van der Waals surface area contributed by atoms with Gasteiger partial charge in [0.05, 0.1) is 7.11 Å². The molecule has 0 fully saturated rings. The fourth-order valence-corrected chi connectivity index (χ4v) is 2.61. The lowest BCUT2D eigenvalue weighted by molar-refractivity contribution is -0.145. The van der Waals surface area contributed by atoms with Crippen molar-refractivity contribution < 1.29 is 23.9 Å². The zero-order valence-electron chi connectivity index (χ0n) is 17.6. The van der Waals surface area contributed by atoms with Crippen molar-refractivity contribution in [2.24, 2.45) is 5.92 Å². The van der Waals surface area contributed by atoms with Crippen LogP contribution < -0.4 is 10.6 Å². The highest BCUT2D eigenvalue weighted by Gasteiger charge is 2.29. The van der Waals surface area contributed by atoms with Gasteiger partial charge in [-0.2, -0.15) is 0 Å². The second-order valence-electron chi connectivity index (χ2n) is 8.10. The molecule has 0 radical (unpaired) electrons. The number of ether oxygens (including phenoxy) is 2. The van der Waals surface area contributed by atoms with E-state index in [1.807, 2.05) is 44.2 Å². The molecule has 7 nitrogen and oxygen atoms in total. The van der Waals surface area contributed by atoms with Crippen molar-refractivity contribution in [3.05, 3.63) is 35.9 Å². The highest BCUT2D eigenvalue weighted by molar-refractivity contribution is 5.89. The minimum atomic E-state index is -0.892. The first-order chi connectivity index (χ1) is 13.0. The highest BCUT2D eigenvalue weighted by atomic mass is 16.6. The van der Waals surface area contributed by atoms with Gasteiger partial charge in [0, 0.05) is 6.42 Å². The van der Waals surface area contributed by atoms with Crippen molar-refractivity contribution in [1.29, 1.82) is 0 Å².